The summed E-state index contributed by atoms with van der Waals surface area (Å²) in [7, 11) is 0. The van der Waals surface area contributed by atoms with Crippen molar-refractivity contribution in [2.75, 3.05) is 6.61 Å². The van der Waals surface area contributed by atoms with Crippen LogP contribution in [0.3, 0.4) is 0 Å². The molecule has 6 heteroatoms. The van der Waals surface area contributed by atoms with E-state index in [1.165, 1.54) is 4.90 Å². The zero-order valence-electron chi connectivity index (χ0n) is 16.3. The zero-order valence-corrected chi connectivity index (χ0v) is 16.3. The van der Waals surface area contributed by atoms with Crippen LogP contribution in [0.5, 0.6) is 5.75 Å². The van der Waals surface area contributed by atoms with E-state index in [1.54, 1.807) is 55.5 Å². The van der Waals surface area contributed by atoms with Gasteiger partial charge in [0, 0.05) is 6.04 Å². The SMILES string of the molecule is CCOC(=O)c1ccc(O[C@H]2CC[C@@H](N3C(=O)c4ccccc4C3=O)CC2)cc1. The number of ether oxygens (including phenoxy) is 2. The van der Waals surface area contributed by atoms with Crippen LogP contribution in [0.2, 0.25) is 0 Å². The van der Waals surface area contributed by atoms with E-state index in [4.69, 9.17) is 9.47 Å². The summed E-state index contributed by atoms with van der Waals surface area (Å²) in [5.74, 6) is -0.0308. The Kier molecular flexibility index (Phi) is 5.34. The molecule has 1 saturated carbocycles. The third-order valence-electron chi connectivity index (χ3n) is 5.50. The molecule has 0 spiro atoms. The fraction of sp³-hybridized carbons (Fsp3) is 0.348. The van der Waals surface area contributed by atoms with E-state index in [1.807, 2.05) is 0 Å². The second-order valence-corrected chi connectivity index (χ2v) is 7.32. The molecule has 1 aliphatic carbocycles. The Bertz CT molecular complexity index is 894. The Morgan fingerprint density at radius 3 is 2.07 bits per heavy atom. The molecular weight excluding hydrogens is 370 g/mol. The molecule has 1 heterocycles. The number of nitrogens with zero attached hydrogens (tertiary/aromatic N) is 1. The van der Waals surface area contributed by atoms with Gasteiger partial charge in [-0.2, -0.15) is 0 Å². The maximum absolute atomic E-state index is 12.6. The molecule has 0 N–H and O–H groups in total. The average Bonchev–Trinajstić information content (AvgIpc) is 3.00. The number of rotatable bonds is 5. The van der Waals surface area contributed by atoms with Crippen LogP contribution in [0, 0.1) is 0 Å². The molecule has 0 atom stereocenters. The second kappa shape index (κ2) is 8.07. The van der Waals surface area contributed by atoms with E-state index in [0.717, 1.165) is 25.7 Å². The van der Waals surface area contributed by atoms with Crippen LogP contribution in [0.25, 0.3) is 0 Å². The smallest absolute Gasteiger partial charge is 0.338 e. The molecule has 29 heavy (non-hydrogen) atoms. The molecule has 2 amide bonds. The van der Waals surface area contributed by atoms with E-state index >= 15 is 0 Å². The fourth-order valence-electron chi connectivity index (χ4n) is 4.04. The second-order valence-electron chi connectivity index (χ2n) is 7.32. The Balaban J connectivity index is 1.34. The molecule has 0 bridgehead atoms. The number of fused-ring (bicyclic) bond motifs is 1. The van der Waals surface area contributed by atoms with Crippen LogP contribution in [-0.2, 0) is 4.74 Å². The van der Waals surface area contributed by atoms with E-state index in [2.05, 4.69) is 0 Å². The highest BCUT2D eigenvalue weighted by Crippen LogP contribution is 2.32. The monoisotopic (exact) mass is 393 g/mol. The number of amides is 2. The molecule has 0 aromatic heterocycles. The van der Waals surface area contributed by atoms with Crippen LogP contribution in [0.15, 0.2) is 48.5 Å². The minimum Gasteiger partial charge on any atom is -0.490 e. The summed E-state index contributed by atoms with van der Waals surface area (Å²) in [4.78, 5) is 38.4. The molecule has 0 unspecified atom stereocenters. The average molecular weight is 393 g/mol. The maximum atomic E-state index is 12.6. The quantitative estimate of drug-likeness (QED) is 0.570. The van der Waals surface area contributed by atoms with Gasteiger partial charge in [-0.1, -0.05) is 12.1 Å². The van der Waals surface area contributed by atoms with E-state index < -0.39 is 0 Å². The van der Waals surface area contributed by atoms with Gasteiger partial charge in [-0.3, -0.25) is 14.5 Å². The van der Waals surface area contributed by atoms with Crippen molar-refractivity contribution in [3.63, 3.8) is 0 Å². The van der Waals surface area contributed by atoms with Crippen molar-refractivity contribution in [1.82, 2.24) is 4.90 Å². The zero-order chi connectivity index (χ0) is 20.4. The maximum Gasteiger partial charge on any atom is 0.338 e. The molecule has 2 aromatic rings. The summed E-state index contributed by atoms with van der Waals surface area (Å²) >= 11 is 0. The van der Waals surface area contributed by atoms with Crippen molar-refractivity contribution >= 4 is 17.8 Å². The summed E-state index contributed by atoms with van der Waals surface area (Å²) in [5.41, 5.74) is 1.49. The molecular formula is C23H23NO5. The molecule has 2 aliphatic rings. The van der Waals surface area contributed by atoms with Gasteiger partial charge in [-0.05, 0) is 69.0 Å². The Hall–Kier alpha value is -3.15. The summed E-state index contributed by atoms with van der Waals surface area (Å²) in [6.45, 7) is 2.11. The normalized spacial score (nSPS) is 21.1. The lowest BCUT2D eigenvalue weighted by atomic mass is 9.91. The molecule has 1 fully saturated rings. The first kappa shape index (κ1) is 19.2. The molecule has 2 aromatic carbocycles. The lowest BCUT2D eigenvalue weighted by Gasteiger charge is -2.33. The Morgan fingerprint density at radius 2 is 1.52 bits per heavy atom. The van der Waals surface area contributed by atoms with Crippen LogP contribution >= 0.6 is 0 Å². The number of esters is 1. The standard InChI is InChI=1S/C23H23NO5/c1-2-28-23(27)15-7-11-17(12-8-15)29-18-13-9-16(10-14-18)24-21(25)19-5-3-4-6-20(19)22(24)26/h3-8,11-12,16,18H,2,9-10,13-14H2,1H3/t16-,18+. The van der Waals surface area contributed by atoms with Gasteiger partial charge in [0.2, 0.25) is 0 Å². The molecule has 0 saturated heterocycles. The third-order valence-corrected chi connectivity index (χ3v) is 5.50. The van der Waals surface area contributed by atoms with Crippen molar-refractivity contribution in [3.8, 4) is 5.75 Å². The topological polar surface area (TPSA) is 72.9 Å². The summed E-state index contributed by atoms with van der Waals surface area (Å²) in [6.07, 6.45) is 2.98. The predicted molar refractivity (Wildman–Crippen MR) is 106 cm³/mol. The largest absolute Gasteiger partial charge is 0.490 e. The summed E-state index contributed by atoms with van der Waals surface area (Å²) in [6, 6.07) is 13.8. The number of imide groups is 1. The van der Waals surface area contributed by atoms with Crippen LogP contribution < -0.4 is 4.74 Å². The van der Waals surface area contributed by atoms with Gasteiger partial charge in [0.25, 0.3) is 11.8 Å². The van der Waals surface area contributed by atoms with E-state index in [-0.39, 0.29) is 29.9 Å². The van der Waals surface area contributed by atoms with Crippen molar-refractivity contribution in [3.05, 3.63) is 65.2 Å². The molecule has 6 nitrogen and oxygen atoms in total. The molecule has 1 aliphatic heterocycles. The number of hydrogen-bond donors (Lipinski definition) is 0. The lowest BCUT2D eigenvalue weighted by Crippen LogP contribution is -2.43. The van der Waals surface area contributed by atoms with Gasteiger partial charge in [-0.25, -0.2) is 4.79 Å². The van der Waals surface area contributed by atoms with Gasteiger partial charge in [0.05, 0.1) is 29.4 Å². The lowest BCUT2D eigenvalue weighted by molar-refractivity contribution is 0.0474. The minimum absolute atomic E-state index is 0.0230. The highest BCUT2D eigenvalue weighted by Gasteiger charge is 2.41. The van der Waals surface area contributed by atoms with Crippen LogP contribution in [0.4, 0.5) is 0 Å². The first-order valence-electron chi connectivity index (χ1n) is 9.99. The third kappa shape index (κ3) is 3.75. The number of hydrogen-bond acceptors (Lipinski definition) is 5. The summed E-state index contributed by atoms with van der Waals surface area (Å²) in [5, 5.41) is 0. The van der Waals surface area contributed by atoms with E-state index in [0.29, 0.717) is 29.0 Å². The predicted octanol–water partition coefficient (Wildman–Crippen LogP) is 3.85. The van der Waals surface area contributed by atoms with Gasteiger partial charge in [-0.15, -0.1) is 0 Å². The fourth-order valence-corrected chi connectivity index (χ4v) is 4.04. The van der Waals surface area contributed by atoms with E-state index in [9.17, 15) is 14.4 Å². The first-order valence-corrected chi connectivity index (χ1v) is 9.99. The minimum atomic E-state index is -0.347. The van der Waals surface area contributed by atoms with Gasteiger partial charge in [0.1, 0.15) is 5.75 Å². The number of benzene rings is 2. The first-order chi connectivity index (χ1) is 14.1. The van der Waals surface area contributed by atoms with Gasteiger partial charge >= 0.3 is 5.97 Å². The van der Waals surface area contributed by atoms with Crippen molar-refractivity contribution in [1.29, 1.82) is 0 Å². The molecule has 150 valence electrons. The van der Waals surface area contributed by atoms with Gasteiger partial charge < -0.3 is 9.47 Å². The Labute approximate surface area is 169 Å². The van der Waals surface area contributed by atoms with Gasteiger partial charge in [0.15, 0.2) is 0 Å². The van der Waals surface area contributed by atoms with Crippen molar-refractivity contribution in [2.24, 2.45) is 0 Å². The number of carbonyl (C=O) groups is 3. The van der Waals surface area contributed by atoms with Crippen LogP contribution in [-0.4, -0.2) is 41.4 Å². The highest BCUT2D eigenvalue weighted by molar-refractivity contribution is 6.21. The highest BCUT2D eigenvalue weighted by atomic mass is 16.5. The molecule has 4 rings (SSSR count). The van der Waals surface area contributed by atoms with Crippen molar-refractivity contribution in [2.45, 2.75) is 44.8 Å². The Morgan fingerprint density at radius 1 is 0.931 bits per heavy atom. The molecule has 0 radical (unpaired) electrons. The van der Waals surface area contributed by atoms with Crippen molar-refractivity contribution < 1.29 is 23.9 Å². The van der Waals surface area contributed by atoms with Crippen LogP contribution in [0.1, 0.15) is 63.7 Å². The summed E-state index contributed by atoms with van der Waals surface area (Å²) < 4.78 is 11.0. The number of carbonyl (C=O) groups excluding carboxylic acids is 3.